The van der Waals surface area contributed by atoms with Gasteiger partial charge in [0.15, 0.2) is 0 Å². The van der Waals surface area contributed by atoms with Crippen molar-refractivity contribution in [2.24, 2.45) is 0 Å². The molecule has 1 aliphatic carbocycles. The lowest BCUT2D eigenvalue weighted by Gasteiger charge is -2.25. The van der Waals surface area contributed by atoms with Crippen LogP contribution in [0.1, 0.15) is 48.8 Å². The van der Waals surface area contributed by atoms with Gasteiger partial charge in [-0.05, 0) is 49.1 Å². The zero-order chi connectivity index (χ0) is 18.8. The highest BCUT2D eigenvalue weighted by atomic mass is 16.5. The molecule has 0 saturated heterocycles. The smallest absolute Gasteiger partial charge is 0.228 e. The second kappa shape index (κ2) is 7.42. The minimum atomic E-state index is -0.490. The Kier molecular flexibility index (Phi) is 4.83. The number of amides is 2. The standard InChI is InChI=1S/C20H24N4O3/c1-27-14-5-6-17-15(11-14)16(12-19(25)23-17)20(26)21-8-2-10-24-18(7-9-22-24)13-3-4-13/h5-7,9,11,13,16H,2-4,8,10,12H2,1H3,(H,21,26)(H,23,25)/t16-/m0/s1. The largest absolute Gasteiger partial charge is 0.497 e. The van der Waals surface area contributed by atoms with Gasteiger partial charge in [-0.3, -0.25) is 14.3 Å². The van der Waals surface area contributed by atoms with Gasteiger partial charge in [0.2, 0.25) is 11.8 Å². The number of nitrogens with zero attached hydrogens (tertiary/aromatic N) is 2. The predicted molar refractivity (Wildman–Crippen MR) is 101 cm³/mol. The fourth-order valence-corrected chi connectivity index (χ4v) is 3.62. The summed E-state index contributed by atoms with van der Waals surface area (Å²) in [5, 5.41) is 10.2. The molecule has 0 bridgehead atoms. The highest BCUT2D eigenvalue weighted by Gasteiger charge is 2.31. The minimum Gasteiger partial charge on any atom is -0.497 e. The van der Waals surface area contributed by atoms with Crippen LogP contribution in [0, 0.1) is 0 Å². The summed E-state index contributed by atoms with van der Waals surface area (Å²) in [6, 6.07) is 7.47. The molecule has 2 heterocycles. The number of benzene rings is 1. The third-order valence-electron chi connectivity index (χ3n) is 5.21. The number of hydrogen-bond donors (Lipinski definition) is 2. The third-order valence-corrected chi connectivity index (χ3v) is 5.21. The van der Waals surface area contributed by atoms with Crippen LogP contribution in [0.5, 0.6) is 5.75 Å². The van der Waals surface area contributed by atoms with Gasteiger partial charge in [-0.2, -0.15) is 5.10 Å². The number of carbonyl (C=O) groups is 2. The molecule has 0 spiro atoms. The van der Waals surface area contributed by atoms with Crippen LogP contribution in [-0.4, -0.2) is 35.2 Å². The van der Waals surface area contributed by atoms with E-state index in [0.717, 1.165) is 18.5 Å². The molecule has 2 N–H and O–H groups in total. The molecule has 7 nitrogen and oxygen atoms in total. The normalized spacial score (nSPS) is 18.6. The van der Waals surface area contributed by atoms with E-state index in [1.54, 1.807) is 19.2 Å². The van der Waals surface area contributed by atoms with Crippen LogP contribution < -0.4 is 15.4 Å². The van der Waals surface area contributed by atoms with Gasteiger partial charge in [-0.15, -0.1) is 0 Å². The molecule has 0 unspecified atom stereocenters. The lowest BCUT2D eigenvalue weighted by atomic mass is 9.89. The van der Waals surface area contributed by atoms with Crippen molar-refractivity contribution in [3.8, 4) is 5.75 Å². The van der Waals surface area contributed by atoms with Gasteiger partial charge in [0.25, 0.3) is 0 Å². The maximum atomic E-state index is 12.7. The summed E-state index contributed by atoms with van der Waals surface area (Å²) in [7, 11) is 1.59. The number of methoxy groups -OCH3 is 1. The van der Waals surface area contributed by atoms with E-state index in [1.165, 1.54) is 18.5 Å². The SMILES string of the molecule is COc1ccc2c(c1)[C@@H](C(=O)NCCCn1nccc1C1CC1)CC(=O)N2. The van der Waals surface area contributed by atoms with Crippen molar-refractivity contribution in [3.05, 3.63) is 41.7 Å². The topological polar surface area (TPSA) is 85.2 Å². The van der Waals surface area contributed by atoms with Crippen molar-refractivity contribution >= 4 is 17.5 Å². The van der Waals surface area contributed by atoms with E-state index in [-0.39, 0.29) is 18.2 Å². The zero-order valence-electron chi connectivity index (χ0n) is 15.4. The summed E-state index contributed by atoms with van der Waals surface area (Å²) in [4.78, 5) is 24.7. The Morgan fingerprint density at radius 3 is 3.00 bits per heavy atom. The summed E-state index contributed by atoms with van der Waals surface area (Å²) in [6.45, 7) is 1.34. The first-order valence-electron chi connectivity index (χ1n) is 9.43. The molecule has 4 rings (SSSR count). The number of carbonyl (C=O) groups excluding carboxylic acids is 2. The Bertz CT molecular complexity index is 857. The fourth-order valence-electron chi connectivity index (χ4n) is 3.62. The van der Waals surface area contributed by atoms with Crippen LogP contribution in [0.15, 0.2) is 30.5 Å². The van der Waals surface area contributed by atoms with Crippen molar-refractivity contribution in [2.45, 2.75) is 44.1 Å². The maximum Gasteiger partial charge on any atom is 0.228 e. The van der Waals surface area contributed by atoms with Crippen LogP contribution in [0.25, 0.3) is 0 Å². The minimum absolute atomic E-state index is 0.123. The van der Waals surface area contributed by atoms with E-state index in [0.29, 0.717) is 23.9 Å². The molecule has 1 saturated carbocycles. The van der Waals surface area contributed by atoms with E-state index < -0.39 is 5.92 Å². The molecule has 1 aromatic carbocycles. The number of aryl methyl sites for hydroxylation is 1. The molecule has 0 radical (unpaired) electrons. The molecule has 27 heavy (non-hydrogen) atoms. The first kappa shape index (κ1) is 17.6. The van der Waals surface area contributed by atoms with Gasteiger partial charge >= 0.3 is 0 Å². The van der Waals surface area contributed by atoms with E-state index >= 15 is 0 Å². The Morgan fingerprint density at radius 2 is 2.22 bits per heavy atom. The number of hydrogen-bond acceptors (Lipinski definition) is 4. The van der Waals surface area contributed by atoms with Gasteiger partial charge in [0, 0.05) is 43.0 Å². The Hall–Kier alpha value is -2.83. The van der Waals surface area contributed by atoms with Gasteiger partial charge in [0.05, 0.1) is 13.0 Å². The Labute approximate surface area is 158 Å². The Balaban J connectivity index is 1.35. The van der Waals surface area contributed by atoms with Crippen molar-refractivity contribution in [3.63, 3.8) is 0 Å². The van der Waals surface area contributed by atoms with Gasteiger partial charge < -0.3 is 15.4 Å². The average Bonchev–Trinajstić information content (AvgIpc) is 3.42. The van der Waals surface area contributed by atoms with E-state index in [9.17, 15) is 9.59 Å². The number of aromatic nitrogens is 2. The second-order valence-electron chi connectivity index (χ2n) is 7.16. The average molecular weight is 368 g/mol. The molecular formula is C20H24N4O3. The Morgan fingerprint density at radius 1 is 1.37 bits per heavy atom. The molecular weight excluding hydrogens is 344 g/mol. The van der Waals surface area contributed by atoms with Gasteiger partial charge in [0.1, 0.15) is 5.75 Å². The molecule has 1 aliphatic heterocycles. The number of rotatable bonds is 7. The third kappa shape index (κ3) is 3.82. The van der Waals surface area contributed by atoms with Crippen molar-refractivity contribution in [2.75, 3.05) is 19.0 Å². The molecule has 1 atom stereocenters. The first-order valence-corrected chi connectivity index (χ1v) is 9.43. The molecule has 142 valence electrons. The predicted octanol–water partition coefficient (Wildman–Crippen LogP) is 2.40. The zero-order valence-corrected chi connectivity index (χ0v) is 15.4. The summed E-state index contributed by atoms with van der Waals surface area (Å²) >= 11 is 0. The van der Waals surface area contributed by atoms with Crippen LogP contribution >= 0.6 is 0 Å². The lowest BCUT2D eigenvalue weighted by Crippen LogP contribution is -2.35. The summed E-state index contributed by atoms with van der Waals surface area (Å²) in [5.74, 6) is 0.583. The second-order valence-corrected chi connectivity index (χ2v) is 7.16. The van der Waals surface area contributed by atoms with Crippen LogP contribution in [0.4, 0.5) is 5.69 Å². The summed E-state index contributed by atoms with van der Waals surface area (Å²) in [6.07, 6.45) is 5.29. The molecule has 2 amide bonds. The molecule has 2 aromatic rings. The van der Waals surface area contributed by atoms with Crippen molar-refractivity contribution in [1.82, 2.24) is 15.1 Å². The quantitative estimate of drug-likeness (QED) is 0.735. The van der Waals surface area contributed by atoms with Gasteiger partial charge in [-0.25, -0.2) is 0 Å². The number of nitrogens with one attached hydrogen (secondary N) is 2. The van der Waals surface area contributed by atoms with Crippen LogP contribution in [0.3, 0.4) is 0 Å². The van der Waals surface area contributed by atoms with E-state index in [2.05, 4.69) is 21.8 Å². The summed E-state index contributed by atoms with van der Waals surface area (Å²) < 4.78 is 7.30. The molecule has 1 aromatic heterocycles. The monoisotopic (exact) mass is 368 g/mol. The summed E-state index contributed by atoms with van der Waals surface area (Å²) in [5.41, 5.74) is 2.78. The molecule has 2 aliphatic rings. The fraction of sp³-hybridized carbons (Fsp3) is 0.450. The lowest BCUT2D eigenvalue weighted by molar-refractivity contribution is -0.126. The number of ether oxygens (including phenoxy) is 1. The van der Waals surface area contributed by atoms with Crippen LogP contribution in [-0.2, 0) is 16.1 Å². The van der Waals surface area contributed by atoms with Crippen LogP contribution in [0.2, 0.25) is 0 Å². The maximum absolute atomic E-state index is 12.7. The number of anilines is 1. The van der Waals surface area contributed by atoms with Gasteiger partial charge in [-0.1, -0.05) is 0 Å². The van der Waals surface area contributed by atoms with Crippen molar-refractivity contribution in [1.29, 1.82) is 0 Å². The molecule has 7 heteroatoms. The highest BCUT2D eigenvalue weighted by Crippen LogP contribution is 2.39. The molecule has 1 fully saturated rings. The highest BCUT2D eigenvalue weighted by molar-refractivity contribution is 6.01. The van der Waals surface area contributed by atoms with Crippen molar-refractivity contribution < 1.29 is 14.3 Å². The van der Waals surface area contributed by atoms with E-state index in [4.69, 9.17) is 4.74 Å². The number of fused-ring (bicyclic) bond motifs is 1. The van der Waals surface area contributed by atoms with E-state index in [1.807, 2.05) is 16.9 Å². The first-order chi connectivity index (χ1) is 13.2.